The molecule has 1 spiro atoms. The molecule has 1 heterocycles. The van der Waals surface area contributed by atoms with E-state index in [0.29, 0.717) is 23.2 Å². The van der Waals surface area contributed by atoms with Gasteiger partial charge in [0.05, 0.1) is 0 Å². The Morgan fingerprint density at radius 3 is 2.60 bits per heavy atom. The van der Waals surface area contributed by atoms with E-state index < -0.39 is 0 Å². The Balaban J connectivity index is 1.49. The number of piperidine rings is 1. The van der Waals surface area contributed by atoms with Crippen LogP contribution in [0.15, 0.2) is 24.3 Å². The molecule has 1 aliphatic heterocycles. The Morgan fingerprint density at radius 1 is 1.20 bits per heavy atom. The molecule has 1 amide bonds. The monoisotopic (exact) mass is 269 g/mol. The molecule has 0 N–H and O–H groups in total. The van der Waals surface area contributed by atoms with E-state index in [-0.39, 0.29) is 0 Å². The lowest BCUT2D eigenvalue weighted by Gasteiger charge is -2.40. The topological polar surface area (TPSA) is 20.3 Å². The molecule has 20 heavy (non-hydrogen) atoms. The van der Waals surface area contributed by atoms with Gasteiger partial charge in [-0.15, -0.1) is 0 Å². The summed E-state index contributed by atoms with van der Waals surface area (Å²) >= 11 is 0. The van der Waals surface area contributed by atoms with Crippen LogP contribution in [-0.4, -0.2) is 23.9 Å². The van der Waals surface area contributed by atoms with Crippen molar-refractivity contribution in [3.8, 4) is 0 Å². The maximum Gasteiger partial charge on any atom is 0.225 e. The molecule has 0 unspecified atom stereocenters. The highest BCUT2D eigenvalue weighted by molar-refractivity contribution is 5.81. The minimum atomic E-state index is 0.347. The van der Waals surface area contributed by atoms with Gasteiger partial charge in [0, 0.05) is 19.0 Å². The van der Waals surface area contributed by atoms with Crippen LogP contribution >= 0.6 is 0 Å². The number of likely N-dealkylation sites (tertiary alicyclic amines) is 1. The minimum Gasteiger partial charge on any atom is -0.342 e. The Hall–Kier alpha value is -1.31. The third-order valence-electron chi connectivity index (χ3n) is 5.92. The molecule has 1 aromatic carbocycles. The van der Waals surface area contributed by atoms with Crippen molar-refractivity contribution in [2.24, 2.45) is 11.8 Å². The van der Waals surface area contributed by atoms with Crippen molar-refractivity contribution in [2.75, 3.05) is 13.1 Å². The number of benzene rings is 1. The predicted molar refractivity (Wildman–Crippen MR) is 79.5 cm³/mol. The molecule has 1 saturated heterocycles. The number of amides is 1. The highest BCUT2D eigenvalue weighted by Gasteiger charge is 2.45. The van der Waals surface area contributed by atoms with E-state index in [1.165, 1.54) is 12.8 Å². The van der Waals surface area contributed by atoms with Gasteiger partial charge in [-0.05, 0) is 54.6 Å². The van der Waals surface area contributed by atoms with Crippen molar-refractivity contribution in [1.82, 2.24) is 4.90 Å². The SMILES string of the molecule is C[C@@H]1C[C@H]1C(=O)N1CCC2(CCc3ccccc32)CC1. The van der Waals surface area contributed by atoms with E-state index in [4.69, 9.17) is 0 Å². The molecule has 2 nitrogen and oxygen atoms in total. The van der Waals surface area contributed by atoms with Crippen LogP contribution in [0.25, 0.3) is 0 Å². The van der Waals surface area contributed by atoms with E-state index >= 15 is 0 Å². The van der Waals surface area contributed by atoms with Crippen LogP contribution in [0.3, 0.4) is 0 Å². The van der Waals surface area contributed by atoms with Crippen molar-refractivity contribution in [3.63, 3.8) is 0 Å². The Morgan fingerprint density at radius 2 is 1.90 bits per heavy atom. The van der Waals surface area contributed by atoms with E-state index in [2.05, 4.69) is 36.1 Å². The third kappa shape index (κ3) is 1.81. The van der Waals surface area contributed by atoms with Gasteiger partial charge in [-0.25, -0.2) is 0 Å². The van der Waals surface area contributed by atoms with Crippen LogP contribution in [-0.2, 0) is 16.6 Å². The molecule has 3 aliphatic rings. The fraction of sp³-hybridized carbons (Fsp3) is 0.611. The summed E-state index contributed by atoms with van der Waals surface area (Å²) in [5.74, 6) is 1.41. The standard InChI is InChI=1S/C18H23NO/c1-13-12-15(13)17(20)19-10-8-18(9-11-19)7-6-14-4-2-3-5-16(14)18/h2-5,13,15H,6-12H2,1H3/t13-,15-/m1/s1. The number of fused-ring (bicyclic) bond motifs is 2. The number of hydrogen-bond acceptors (Lipinski definition) is 1. The summed E-state index contributed by atoms with van der Waals surface area (Å²) in [6, 6.07) is 8.94. The lowest BCUT2D eigenvalue weighted by molar-refractivity contribution is -0.134. The maximum absolute atomic E-state index is 12.3. The zero-order chi connectivity index (χ0) is 13.7. The maximum atomic E-state index is 12.3. The lowest BCUT2D eigenvalue weighted by Crippen LogP contribution is -2.45. The Kier molecular flexibility index (Phi) is 2.70. The summed E-state index contributed by atoms with van der Waals surface area (Å²) < 4.78 is 0. The van der Waals surface area contributed by atoms with Gasteiger partial charge in [0.1, 0.15) is 0 Å². The molecule has 2 atom stereocenters. The summed E-state index contributed by atoms with van der Waals surface area (Å²) in [6.45, 7) is 4.13. The normalized spacial score (nSPS) is 30.4. The fourth-order valence-corrected chi connectivity index (χ4v) is 4.34. The summed E-state index contributed by atoms with van der Waals surface area (Å²) in [6.07, 6.45) is 5.95. The predicted octanol–water partition coefficient (Wildman–Crippen LogP) is 3.15. The molecular weight excluding hydrogens is 246 g/mol. The number of nitrogens with zero attached hydrogens (tertiary/aromatic N) is 1. The molecule has 2 aliphatic carbocycles. The van der Waals surface area contributed by atoms with Crippen molar-refractivity contribution in [3.05, 3.63) is 35.4 Å². The van der Waals surface area contributed by atoms with Crippen molar-refractivity contribution in [1.29, 1.82) is 0 Å². The molecule has 1 saturated carbocycles. The average molecular weight is 269 g/mol. The van der Waals surface area contributed by atoms with Gasteiger partial charge in [0.25, 0.3) is 0 Å². The van der Waals surface area contributed by atoms with Crippen LogP contribution < -0.4 is 0 Å². The number of carbonyl (C=O) groups is 1. The zero-order valence-corrected chi connectivity index (χ0v) is 12.3. The first kappa shape index (κ1) is 12.4. The van der Waals surface area contributed by atoms with Crippen LogP contribution in [0.2, 0.25) is 0 Å². The van der Waals surface area contributed by atoms with Gasteiger partial charge in [-0.3, -0.25) is 4.79 Å². The lowest BCUT2D eigenvalue weighted by atomic mass is 9.74. The average Bonchev–Trinajstić information content (AvgIpc) is 3.12. The van der Waals surface area contributed by atoms with Crippen molar-refractivity contribution >= 4 is 5.91 Å². The molecule has 0 radical (unpaired) electrons. The van der Waals surface area contributed by atoms with E-state index in [0.717, 1.165) is 32.4 Å². The molecular formula is C18H23NO. The summed E-state index contributed by atoms with van der Waals surface area (Å²) in [5.41, 5.74) is 3.50. The van der Waals surface area contributed by atoms with Crippen molar-refractivity contribution < 1.29 is 4.79 Å². The molecule has 4 rings (SSSR count). The molecule has 1 aromatic rings. The molecule has 2 heteroatoms. The van der Waals surface area contributed by atoms with Gasteiger partial charge in [0.15, 0.2) is 0 Å². The zero-order valence-electron chi connectivity index (χ0n) is 12.3. The second-order valence-electron chi connectivity index (χ2n) is 7.08. The highest BCUT2D eigenvalue weighted by atomic mass is 16.2. The van der Waals surface area contributed by atoms with Gasteiger partial charge >= 0.3 is 0 Å². The summed E-state index contributed by atoms with van der Waals surface area (Å²) in [4.78, 5) is 14.5. The van der Waals surface area contributed by atoms with Gasteiger partial charge in [0.2, 0.25) is 5.91 Å². The first-order valence-electron chi connectivity index (χ1n) is 8.07. The number of hydrogen-bond donors (Lipinski definition) is 0. The molecule has 0 aromatic heterocycles. The smallest absolute Gasteiger partial charge is 0.225 e. The number of rotatable bonds is 1. The van der Waals surface area contributed by atoms with Crippen molar-refractivity contribution in [2.45, 2.75) is 44.4 Å². The fourth-order valence-electron chi connectivity index (χ4n) is 4.34. The van der Waals surface area contributed by atoms with Gasteiger partial charge in [-0.1, -0.05) is 31.2 Å². The highest BCUT2D eigenvalue weighted by Crippen LogP contribution is 2.47. The second kappa shape index (κ2) is 4.34. The van der Waals surface area contributed by atoms with E-state index in [1.807, 2.05) is 0 Å². The molecule has 106 valence electrons. The van der Waals surface area contributed by atoms with E-state index in [9.17, 15) is 4.79 Å². The number of carbonyl (C=O) groups excluding carboxylic acids is 1. The third-order valence-corrected chi connectivity index (χ3v) is 5.92. The molecule has 0 bridgehead atoms. The van der Waals surface area contributed by atoms with Crippen LogP contribution in [0, 0.1) is 11.8 Å². The number of aryl methyl sites for hydroxylation is 1. The van der Waals surface area contributed by atoms with Gasteiger partial charge in [-0.2, -0.15) is 0 Å². The van der Waals surface area contributed by atoms with Crippen LogP contribution in [0.4, 0.5) is 0 Å². The Labute approximate surface area is 121 Å². The van der Waals surface area contributed by atoms with E-state index in [1.54, 1.807) is 11.1 Å². The first-order chi connectivity index (χ1) is 9.70. The molecule has 2 fully saturated rings. The van der Waals surface area contributed by atoms with Gasteiger partial charge < -0.3 is 4.90 Å². The van der Waals surface area contributed by atoms with Crippen LogP contribution in [0.5, 0.6) is 0 Å². The second-order valence-corrected chi connectivity index (χ2v) is 7.08. The summed E-state index contributed by atoms with van der Waals surface area (Å²) in [7, 11) is 0. The summed E-state index contributed by atoms with van der Waals surface area (Å²) in [5, 5.41) is 0. The first-order valence-corrected chi connectivity index (χ1v) is 8.07. The largest absolute Gasteiger partial charge is 0.342 e. The minimum absolute atomic E-state index is 0.347. The quantitative estimate of drug-likeness (QED) is 0.767. The van der Waals surface area contributed by atoms with Crippen LogP contribution in [0.1, 0.15) is 43.7 Å². The Bertz CT molecular complexity index is 542.